The maximum absolute atomic E-state index is 12.3. The SMILES string of the molecule is Cc1nc(C=CC(=O)N2CCC3(CC2)CCC(C)(C)OC3)cs1. The van der Waals surface area contributed by atoms with Crippen LogP contribution in [0.2, 0.25) is 0 Å². The molecule has 4 nitrogen and oxygen atoms in total. The van der Waals surface area contributed by atoms with Gasteiger partial charge in [-0.05, 0) is 57.9 Å². The van der Waals surface area contributed by atoms with Crippen LogP contribution in [0.15, 0.2) is 11.5 Å². The number of nitrogens with zero attached hydrogens (tertiary/aromatic N) is 2. The lowest BCUT2D eigenvalue weighted by Crippen LogP contribution is -2.49. The zero-order chi connectivity index (χ0) is 16.5. The van der Waals surface area contributed by atoms with E-state index >= 15 is 0 Å². The number of carbonyl (C=O) groups is 1. The molecule has 126 valence electrons. The number of likely N-dealkylation sites (tertiary alicyclic amines) is 1. The van der Waals surface area contributed by atoms with Crippen LogP contribution in [-0.2, 0) is 9.53 Å². The van der Waals surface area contributed by atoms with Gasteiger partial charge in [-0.1, -0.05) is 0 Å². The van der Waals surface area contributed by atoms with Gasteiger partial charge in [-0.25, -0.2) is 4.98 Å². The van der Waals surface area contributed by atoms with E-state index < -0.39 is 0 Å². The molecule has 0 atom stereocenters. The molecular weight excluding hydrogens is 308 g/mol. The van der Waals surface area contributed by atoms with Crippen LogP contribution >= 0.6 is 11.3 Å². The van der Waals surface area contributed by atoms with Crippen LogP contribution in [0.4, 0.5) is 0 Å². The Labute approximate surface area is 142 Å². The summed E-state index contributed by atoms with van der Waals surface area (Å²) in [7, 11) is 0. The summed E-state index contributed by atoms with van der Waals surface area (Å²) in [5.41, 5.74) is 1.19. The van der Waals surface area contributed by atoms with E-state index in [0.717, 1.165) is 49.7 Å². The molecular formula is C18H26N2O2S. The Morgan fingerprint density at radius 1 is 1.30 bits per heavy atom. The van der Waals surface area contributed by atoms with Gasteiger partial charge in [0.2, 0.25) is 5.91 Å². The zero-order valence-electron chi connectivity index (χ0n) is 14.3. The van der Waals surface area contributed by atoms with E-state index in [2.05, 4.69) is 18.8 Å². The van der Waals surface area contributed by atoms with E-state index in [4.69, 9.17) is 4.74 Å². The van der Waals surface area contributed by atoms with E-state index in [-0.39, 0.29) is 11.5 Å². The molecule has 2 aliphatic heterocycles. The summed E-state index contributed by atoms with van der Waals surface area (Å²) in [5, 5.41) is 3.00. The van der Waals surface area contributed by atoms with E-state index in [0.29, 0.717) is 5.41 Å². The maximum Gasteiger partial charge on any atom is 0.246 e. The minimum atomic E-state index is 0.0204. The summed E-state index contributed by atoms with van der Waals surface area (Å²) in [6.45, 7) is 8.83. The summed E-state index contributed by atoms with van der Waals surface area (Å²) in [6.07, 6.45) is 7.92. The Kier molecular flexibility index (Phi) is 4.61. The predicted molar refractivity (Wildman–Crippen MR) is 93.4 cm³/mol. The van der Waals surface area contributed by atoms with Crippen LogP contribution in [0.5, 0.6) is 0 Å². The molecule has 2 fully saturated rings. The van der Waals surface area contributed by atoms with Crippen LogP contribution < -0.4 is 0 Å². The first kappa shape index (κ1) is 16.7. The van der Waals surface area contributed by atoms with Gasteiger partial charge >= 0.3 is 0 Å². The average molecular weight is 334 g/mol. The Morgan fingerprint density at radius 2 is 2.04 bits per heavy atom. The number of hydrogen-bond acceptors (Lipinski definition) is 4. The van der Waals surface area contributed by atoms with Crippen molar-refractivity contribution in [2.45, 2.75) is 52.1 Å². The number of amides is 1. The number of aromatic nitrogens is 1. The van der Waals surface area contributed by atoms with Crippen LogP contribution in [0.25, 0.3) is 6.08 Å². The Bertz CT molecular complexity index is 586. The molecule has 2 saturated heterocycles. The number of thiazole rings is 1. The van der Waals surface area contributed by atoms with Gasteiger partial charge in [0, 0.05) is 24.5 Å². The van der Waals surface area contributed by atoms with Crippen LogP contribution in [0, 0.1) is 12.3 Å². The zero-order valence-corrected chi connectivity index (χ0v) is 15.1. The average Bonchev–Trinajstić information content (AvgIpc) is 2.95. The highest BCUT2D eigenvalue weighted by Gasteiger charge is 2.41. The van der Waals surface area contributed by atoms with Gasteiger partial charge < -0.3 is 9.64 Å². The van der Waals surface area contributed by atoms with Crippen molar-refractivity contribution < 1.29 is 9.53 Å². The first-order valence-electron chi connectivity index (χ1n) is 8.41. The third-order valence-corrected chi connectivity index (χ3v) is 5.99. The van der Waals surface area contributed by atoms with Crippen LogP contribution in [0.1, 0.15) is 50.2 Å². The minimum absolute atomic E-state index is 0.0204. The molecule has 5 heteroatoms. The molecule has 23 heavy (non-hydrogen) atoms. The first-order valence-corrected chi connectivity index (χ1v) is 9.29. The molecule has 3 heterocycles. The molecule has 0 radical (unpaired) electrons. The fourth-order valence-electron chi connectivity index (χ4n) is 3.37. The minimum Gasteiger partial charge on any atom is -0.375 e. The molecule has 0 unspecified atom stereocenters. The van der Waals surface area contributed by atoms with Crippen molar-refractivity contribution in [3.8, 4) is 0 Å². The van der Waals surface area contributed by atoms with Crippen molar-refractivity contribution in [2.24, 2.45) is 5.41 Å². The van der Waals surface area contributed by atoms with Gasteiger partial charge in [-0.3, -0.25) is 4.79 Å². The molecule has 1 spiro atoms. The molecule has 0 aromatic carbocycles. The number of carbonyl (C=O) groups excluding carboxylic acids is 1. The molecule has 1 aromatic rings. The largest absolute Gasteiger partial charge is 0.375 e. The number of hydrogen-bond donors (Lipinski definition) is 0. The third kappa shape index (κ3) is 4.01. The number of rotatable bonds is 2. The Morgan fingerprint density at radius 3 is 2.61 bits per heavy atom. The van der Waals surface area contributed by atoms with Gasteiger partial charge in [0.25, 0.3) is 0 Å². The standard InChI is InChI=1S/C18H26N2O2S/c1-14-19-15(12-23-14)4-5-16(21)20-10-8-18(9-11-20)7-6-17(2,3)22-13-18/h4-5,12H,6-11,13H2,1-3H3. The summed E-state index contributed by atoms with van der Waals surface area (Å²) < 4.78 is 6.04. The summed E-state index contributed by atoms with van der Waals surface area (Å²) in [5.74, 6) is 0.0996. The van der Waals surface area contributed by atoms with E-state index in [1.54, 1.807) is 17.4 Å². The summed E-state index contributed by atoms with van der Waals surface area (Å²) in [6, 6.07) is 0. The fourth-order valence-corrected chi connectivity index (χ4v) is 3.95. The first-order chi connectivity index (χ1) is 10.9. The summed E-state index contributed by atoms with van der Waals surface area (Å²) in [4.78, 5) is 18.6. The second kappa shape index (κ2) is 6.36. The normalized spacial score (nSPS) is 23.5. The quantitative estimate of drug-likeness (QED) is 0.775. The Hall–Kier alpha value is -1.20. The number of ether oxygens (including phenoxy) is 1. The second-order valence-corrected chi connectivity index (χ2v) is 8.56. The van der Waals surface area contributed by atoms with Gasteiger partial charge in [0.15, 0.2) is 0 Å². The van der Waals surface area contributed by atoms with Crippen molar-refractivity contribution in [3.63, 3.8) is 0 Å². The molecule has 3 rings (SSSR count). The molecule has 0 N–H and O–H groups in total. The molecule has 1 amide bonds. The second-order valence-electron chi connectivity index (χ2n) is 7.50. The van der Waals surface area contributed by atoms with Crippen LogP contribution in [-0.4, -0.2) is 41.1 Å². The maximum atomic E-state index is 12.3. The highest BCUT2D eigenvalue weighted by molar-refractivity contribution is 7.09. The summed E-state index contributed by atoms with van der Waals surface area (Å²) >= 11 is 1.60. The molecule has 2 aliphatic rings. The topological polar surface area (TPSA) is 42.4 Å². The van der Waals surface area contributed by atoms with E-state index in [1.165, 1.54) is 6.42 Å². The van der Waals surface area contributed by atoms with Crippen LogP contribution in [0.3, 0.4) is 0 Å². The van der Waals surface area contributed by atoms with Crippen molar-refractivity contribution in [3.05, 3.63) is 22.2 Å². The molecule has 0 bridgehead atoms. The lowest BCUT2D eigenvalue weighted by atomic mass is 9.72. The van der Waals surface area contributed by atoms with E-state index in [1.807, 2.05) is 23.3 Å². The monoisotopic (exact) mass is 334 g/mol. The van der Waals surface area contributed by atoms with Crippen molar-refractivity contribution in [1.82, 2.24) is 9.88 Å². The van der Waals surface area contributed by atoms with E-state index in [9.17, 15) is 4.79 Å². The van der Waals surface area contributed by atoms with Crippen molar-refractivity contribution in [1.29, 1.82) is 0 Å². The fraction of sp³-hybridized carbons (Fsp3) is 0.667. The molecule has 0 saturated carbocycles. The smallest absolute Gasteiger partial charge is 0.246 e. The molecule has 1 aromatic heterocycles. The highest BCUT2D eigenvalue weighted by Crippen LogP contribution is 2.43. The lowest BCUT2D eigenvalue weighted by molar-refractivity contribution is -0.141. The Balaban J connectivity index is 1.52. The van der Waals surface area contributed by atoms with Gasteiger partial charge in [-0.15, -0.1) is 11.3 Å². The highest BCUT2D eigenvalue weighted by atomic mass is 32.1. The van der Waals surface area contributed by atoms with Crippen molar-refractivity contribution >= 4 is 23.3 Å². The van der Waals surface area contributed by atoms with Gasteiger partial charge in [0.05, 0.1) is 22.9 Å². The number of piperidine rings is 1. The van der Waals surface area contributed by atoms with Gasteiger partial charge in [-0.2, -0.15) is 0 Å². The predicted octanol–water partition coefficient (Wildman–Crippen LogP) is 3.66. The van der Waals surface area contributed by atoms with Crippen molar-refractivity contribution in [2.75, 3.05) is 19.7 Å². The number of aryl methyl sites for hydroxylation is 1. The van der Waals surface area contributed by atoms with Gasteiger partial charge in [0.1, 0.15) is 0 Å². The molecule has 0 aliphatic carbocycles. The third-order valence-electron chi connectivity index (χ3n) is 5.20. The lowest BCUT2D eigenvalue weighted by Gasteiger charge is -2.47.